The summed E-state index contributed by atoms with van der Waals surface area (Å²) in [6, 6.07) is 80.8. The average Bonchev–Trinajstić information content (AvgIpc) is 3.68. The van der Waals surface area contributed by atoms with Crippen molar-refractivity contribution < 1.29 is 4.42 Å². The van der Waals surface area contributed by atoms with Crippen LogP contribution in [0.1, 0.15) is 0 Å². The quantitative estimate of drug-likeness (QED) is 0.162. The highest BCUT2D eigenvalue weighted by Crippen LogP contribution is 2.43. The largest absolute Gasteiger partial charge is 0.456 e. The molecule has 0 aliphatic rings. The lowest BCUT2D eigenvalue weighted by atomic mass is 9.96. The van der Waals surface area contributed by atoms with Gasteiger partial charge in [0.25, 0.3) is 0 Å². The van der Waals surface area contributed by atoms with Crippen molar-refractivity contribution in [2.24, 2.45) is 0 Å². The van der Waals surface area contributed by atoms with Crippen molar-refractivity contribution in [2.75, 3.05) is 4.90 Å². The fourth-order valence-electron chi connectivity index (χ4n) is 8.53. The summed E-state index contributed by atoms with van der Waals surface area (Å²) in [5.41, 5.74) is 14.5. The van der Waals surface area contributed by atoms with Crippen molar-refractivity contribution in [2.45, 2.75) is 0 Å². The molecule has 0 saturated carbocycles. The van der Waals surface area contributed by atoms with E-state index in [9.17, 15) is 0 Å². The first-order valence-electron chi connectivity index (χ1n) is 19.8. The van der Waals surface area contributed by atoms with Gasteiger partial charge in [-0.3, -0.25) is 0 Å². The maximum Gasteiger partial charge on any atom is 0.135 e. The van der Waals surface area contributed by atoms with Gasteiger partial charge in [0, 0.05) is 27.7 Å². The first-order valence-corrected chi connectivity index (χ1v) is 19.8. The molecule has 0 aliphatic heterocycles. The van der Waals surface area contributed by atoms with Gasteiger partial charge in [0.2, 0.25) is 0 Å². The molecule has 0 bridgehead atoms. The Morgan fingerprint density at radius 1 is 0.276 bits per heavy atom. The van der Waals surface area contributed by atoms with Crippen LogP contribution in [0.3, 0.4) is 0 Å². The lowest BCUT2D eigenvalue weighted by Crippen LogP contribution is -2.11. The molecular weight excluding hydrogens is 703 g/mol. The van der Waals surface area contributed by atoms with Crippen LogP contribution in [-0.2, 0) is 0 Å². The zero-order valence-corrected chi connectivity index (χ0v) is 31.7. The van der Waals surface area contributed by atoms with E-state index in [1.165, 1.54) is 54.9 Å². The third-order valence-corrected chi connectivity index (χ3v) is 11.5. The molecule has 2 nitrogen and oxygen atoms in total. The second-order valence-electron chi connectivity index (χ2n) is 14.9. The molecule has 0 unspecified atom stereocenters. The summed E-state index contributed by atoms with van der Waals surface area (Å²) in [6.45, 7) is 0. The van der Waals surface area contributed by atoms with Crippen LogP contribution in [-0.4, -0.2) is 0 Å². The number of nitrogens with zero attached hydrogens (tertiary/aromatic N) is 1. The van der Waals surface area contributed by atoms with E-state index in [4.69, 9.17) is 4.42 Å². The molecule has 0 fully saturated rings. The number of furan rings is 1. The van der Waals surface area contributed by atoms with E-state index in [-0.39, 0.29) is 0 Å². The molecule has 2 heteroatoms. The summed E-state index contributed by atoms with van der Waals surface area (Å²) in [4.78, 5) is 2.38. The van der Waals surface area contributed by atoms with E-state index in [0.717, 1.165) is 50.1 Å². The van der Waals surface area contributed by atoms with Gasteiger partial charge in [0.1, 0.15) is 11.2 Å². The zero-order chi connectivity index (χ0) is 38.4. The van der Waals surface area contributed by atoms with Crippen molar-refractivity contribution in [1.82, 2.24) is 0 Å². The molecule has 0 spiro atoms. The molecule has 1 aromatic heterocycles. The molecule has 11 aromatic rings. The highest BCUT2D eigenvalue weighted by Gasteiger charge is 2.19. The van der Waals surface area contributed by atoms with E-state index < -0.39 is 0 Å². The van der Waals surface area contributed by atoms with Crippen LogP contribution in [0, 0.1) is 0 Å². The number of anilines is 3. The normalized spacial score (nSPS) is 11.4. The Morgan fingerprint density at radius 3 is 1.57 bits per heavy atom. The summed E-state index contributed by atoms with van der Waals surface area (Å²) in [5.74, 6) is 0. The molecule has 11 rings (SSSR count). The van der Waals surface area contributed by atoms with E-state index in [0.29, 0.717) is 0 Å². The minimum atomic E-state index is 0.893. The molecule has 10 aromatic carbocycles. The van der Waals surface area contributed by atoms with Crippen LogP contribution in [0.2, 0.25) is 0 Å². The molecule has 0 amide bonds. The van der Waals surface area contributed by atoms with Gasteiger partial charge < -0.3 is 9.32 Å². The molecule has 0 aliphatic carbocycles. The Hall–Kier alpha value is -7.68. The van der Waals surface area contributed by atoms with Crippen LogP contribution in [0.5, 0.6) is 0 Å². The third kappa shape index (κ3) is 6.00. The van der Waals surface area contributed by atoms with Gasteiger partial charge in [-0.15, -0.1) is 0 Å². The van der Waals surface area contributed by atoms with Gasteiger partial charge >= 0.3 is 0 Å². The summed E-state index contributed by atoms with van der Waals surface area (Å²) < 4.78 is 6.21. The Kier molecular flexibility index (Phi) is 8.19. The van der Waals surface area contributed by atoms with E-state index in [2.05, 4.69) is 217 Å². The summed E-state index contributed by atoms with van der Waals surface area (Å²) in [6.07, 6.45) is 0. The lowest BCUT2D eigenvalue weighted by molar-refractivity contribution is 0.669. The molecule has 0 radical (unpaired) electrons. The topological polar surface area (TPSA) is 16.4 Å². The maximum atomic E-state index is 6.21. The first kappa shape index (κ1) is 33.6. The number of hydrogen-bond donors (Lipinski definition) is 0. The zero-order valence-electron chi connectivity index (χ0n) is 31.7. The van der Waals surface area contributed by atoms with Crippen molar-refractivity contribution in [1.29, 1.82) is 0 Å². The summed E-state index contributed by atoms with van der Waals surface area (Å²) in [5, 5.41) is 7.25. The molecule has 0 N–H and O–H groups in total. The Bertz CT molecular complexity index is 3260. The number of hydrogen-bond acceptors (Lipinski definition) is 2. The maximum absolute atomic E-state index is 6.21. The number of fused-ring (bicyclic) bond motifs is 5. The SMILES string of the molecule is c1ccc(N(c2ccc(-c3ccc(-c4cccc5ccccc45)cc3)cc2)c2ccc(-c3ccc4ccccc4c3)cc2)c(-c2ccc3oc4ccccc4c3c2)c1. The Morgan fingerprint density at radius 2 is 0.793 bits per heavy atom. The van der Waals surface area contributed by atoms with E-state index >= 15 is 0 Å². The predicted octanol–water partition coefficient (Wildman–Crippen LogP) is 16.0. The molecule has 272 valence electrons. The lowest BCUT2D eigenvalue weighted by Gasteiger charge is -2.28. The van der Waals surface area contributed by atoms with Crippen LogP contribution in [0.25, 0.3) is 88.0 Å². The van der Waals surface area contributed by atoms with Gasteiger partial charge in [0.05, 0.1) is 5.69 Å². The van der Waals surface area contributed by atoms with Crippen LogP contribution >= 0.6 is 0 Å². The first-order chi connectivity index (χ1) is 28.7. The highest BCUT2D eigenvalue weighted by molar-refractivity contribution is 6.07. The van der Waals surface area contributed by atoms with Gasteiger partial charge in [-0.05, 0) is 115 Å². The Labute approximate surface area is 337 Å². The van der Waals surface area contributed by atoms with Crippen molar-refractivity contribution in [3.8, 4) is 44.5 Å². The van der Waals surface area contributed by atoms with Crippen molar-refractivity contribution in [3.63, 3.8) is 0 Å². The fourth-order valence-corrected chi connectivity index (χ4v) is 8.53. The smallest absolute Gasteiger partial charge is 0.135 e. The second-order valence-corrected chi connectivity index (χ2v) is 14.9. The van der Waals surface area contributed by atoms with Crippen LogP contribution in [0.15, 0.2) is 229 Å². The number of rotatable bonds is 7. The fraction of sp³-hybridized carbons (Fsp3) is 0. The Balaban J connectivity index is 0.991. The number of para-hydroxylation sites is 2. The van der Waals surface area contributed by atoms with Crippen molar-refractivity contribution >= 4 is 60.5 Å². The summed E-state index contributed by atoms with van der Waals surface area (Å²) in [7, 11) is 0. The minimum Gasteiger partial charge on any atom is -0.456 e. The average molecular weight is 740 g/mol. The van der Waals surface area contributed by atoms with Gasteiger partial charge in [0.15, 0.2) is 0 Å². The predicted molar refractivity (Wildman–Crippen MR) is 245 cm³/mol. The minimum absolute atomic E-state index is 0.893. The molecular formula is C56H37NO. The van der Waals surface area contributed by atoms with Crippen LogP contribution in [0.4, 0.5) is 17.1 Å². The van der Waals surface area contributed by atoms with Gasteiger partial charge in [-0.2, -0.15) is 0 Å². The third-order valence-electron chi connectivity index (χ3n) is 11.5. The molecule has 0 saturated heterocycles. The summed E-state index contributed by atoms with van der Waals surface area (Å²) >= 11 is 0. The second kappa shape index (κ2) is 14.1. The van der Waals surface area contributed by atoms with E-state index in [1.54, 1.807) is 0 Å². The van der Waals surface area contributed by atoms with Crippen LogP contribution < -0.4 is 4.90 Å². The standard InChI is InChI=1S/C56H37NO/c1-2-12-44-36-45(25-22-38(44)10-1)41-28-33-48(34-29-41)57(54-18-7-5-15-51(54)46-30-35-56-53(37-46)52-16-6-8-19-55(52)58-56)47-31-26-40(27-32-47)39-20-23-43(24-21-39)50-17-9-13-42-11-3-4-14-49(42)50/h1-37H. The molecule has 0 atom stereocenters. The molecule has 58 heavy (non-hydrogen) atoms. The van der Waals surface area contributed by atoms with E-state index in [1.807, 2.05) is 12.1 Å². The molecule has 1 heterocycles. The highest BCUT2D eigenvalue weighted by atomic mass is 16.3. The monoisotopic (exact) mass is 739 g/mol. The van der Waals surface area contributed by atoms with Gasteiger partial charge in [-0.1, -0.05) is 170 Å². The number of benzene rings is 10. The van der Waals surface area contributed by atoms with Crippen molar-refractivity contribution in [3.05, 3.63) is 224 Å². The van der Waals surface area contributed by atoms with Gasteiger partial charge in [-0.25, -0.2) is 0 Å².